The van der Waals surface area contributed by atoms with E-state index in [1.165, 1.54) is 42.9 Å². The molecule has 2 aliphatic rings. The predicted octanol–water partition coefficient (Wildman–Crippen LogP) is 3.87. The summed E-state index contributed by atoms with van der Waals surface area (Å²) in [7, 11) is -1.27. The second-order valence-corrected chi connectivity index (χ2v) is 14.2. The van der Waals surface area contributed by atoms with Crippen molar-refractivity contribution in [2.24, 2.45) is 0 Å². The second kappa shape index (κ2) is 12.0. The lowest BCUT2D eigenvalue weighted by Gasteiger charge is -2.42. The number of piperazine rings is 1. The molecule has 0 atom stereocenters. The van der Waals surface area contributed by atoms with Crippen LogP contribution in [0.25, 0.3) is 10.9 Å². The minimum absolute atomic E-state index is 0.0323. The van der Waals surface area contributed by atoms with Crippen molar-refractivity contribution in [1.82, 2.24) is 24.3 Å². The Morgan fingerprint density at radius 2 is 1.72 bits per heavy atom. The van der Waals surface area contributed by atoms with Gasteiger partial charge in [-0.25, -0.2) is 13.4 Å². The number of nitrogens with zero attached hydrogens (tertiary/aromatic N) is 5. The fourth-order valence-corrected chi connectivity index (χ4v) is 7.43. The van der Waals surface area contributed by atoms with E-state index in [0.29, 0.717) is 27.5 Å². The fourth-order valence-electron chi connectivity index (χ4n) is 5.66. The first-order valence-electron chi connectivity index (χ1n) is 13.5. The van der Waals surface area contributed by atoms with E-state index >= 15 is 0 Å². The van der Waals surface area contributed by atoms with Gasteiger partial charge >= 0.3 is 0 Å². The molecule has 39 heavy (non-hydrogen) atoms. The average Bonchev–Trinajstić information content (AvgIpc) is 2.92. The zero-order valence-corrected chi connectivity index (χ0v) is 25.6. The third kappa shape index (κ3) is 6.41. The quantitative estimate of drug-likeness (QED) is 0.390. The highest BCUT2D eigenvalue weighted by molar-refractivity contribution is 9.10. The Hall–Kier alpha value is -1.82. The molecule has 0 radical (unpaired) electrons. The van der Waals surface area contributed by atoms with Crippen LogP contribution in [0.15, 0.2) is 50.8 Å². The normalized spacial score (nSPS) is 18.7. The van der Waals surface area contributed by atoms with Crippen LogP contribution >= 0.6 is 27.5 Å². The summed E-state index contributed by atoms with van der Waals surface area (Å²) in [5.41, 5.74) is 1.99. The lowest BCUT2D eigenvalue weighted by molar-refractivity contribution is 0.0618. The summed E-state index contributed by atoms with van der Waals surface area (Å²) in [4.78, 5) is 25.7. The molecule has 3 heterocycles. The largest absolute Gasteiger partial charge is 0.306 e. The van der Waals surface area contributed by atoms with E-state index in [1.807, 2.05) is 12.1 Å². The van der Waals surface area contributed by atoms with E-state index in [0.717, 1.165) is 42.8 Å². The van der Waals surface area contributed by atoms with Gasteiger partial charge in [0.1, 0.15) is 0 Å². The van der Waals surface area contributed by atoms with Crippen molar-refractivity contribution < 1.29 is 8.42 Å². The molecule has 1 aromatic heterocycles. The molecular formula is C28H35BrClN5O3S. The van der Waals surface area contributed by atoms with Crippen molar-refractivity contribution in [2.45, 2.75) is 43.8 Å². The van der Waals surface area contributed by atoms with E-state index in [1.54, 1.807) is 19.1 Å². The average molecular weight is 637 g/mol. The molecule has 0 N–H and O–H groups in total. The molecule has 0 bridgehead atoms. The van der Waals surface area contributed by atoms with Crippen molar-refractivity contribution >= 4 is 48.3 Å². The summed E-state index contributed by atoms with van der Waals surface area (Å²) < 4.78 is 27.5. The molecule has 2 saturated heterocycles. The van der Waals surface area contributed by atoms with E-state index in [2.05, 4.69) is 42.7 Å². The Bertz CT molecular complexity index is 1510. The second-order valence-electron chi connectivity index (χ2n) is 10.6. The summed E-state index contributed by atoms with van der Waals surface area (Å²) in [5, 5.41) is 0.906. The number of likely N-dealkylation sites (tertiary alicyclic amines) is 1. The molecule has 2 aromatic carbocycles. The summed E-state index contributed by atoms with van der Waals surface area (Å²) >= 11 is 9.86. The lowest BCUT2D eigenvalue weighted by atomic mass is 10.0. The van der Waals surface area contributed by atoms with Gasteiger partial charge in [-0.2, -0.15) is 0 Å². The van der Waals surface area contributed by atoms with Crippen molar-refractivity contribution in [3.8, 4) is 0 Å². The van der Waals surface area contributed by atoms with Crippen molar-refractivity contribution in [1.29, 1.82) is 0 Å². The van der Waals surface area contributed by atoms with Gasteiger partial charge in [0.15, 0.2) is 9.84 Å². The molecule has 8 nitrogen and oxygen atoms in total. The molecule has 0 spiro atoms. The molecule has 5 rings (SSSR count). The smallest absolute Gasteiger partial charge is 0.261 e. The zero-order valence-electron chi connectivity index (χ0n) is 22.4. The van der Waals surface area contributed by atoms with Crippen LogP contribution in [-0.4, -0.2) is 90.8 Å². The molecule has 11 heteroatoms. The molecule has 0 amide bonds. The number of hydrogen-bond donors (Lipinski definition) is 0. The van der Waals surface area contributed by atoms with Gasteiger partial charge in [0.2, 0.25) is 0 Å². The predicted molar refractivity (Wildman–Crippen MR) is 159 cm³/mol. The number of rotatable bonds is 7. The molecule has 2 fully saturated rings. The van der Waals surface area contributed by atoms with Crippen LogP contribution in [0, 0.1) is 0 Å². The standard InChI is InChI=1S/C28H35BrClN5O3S/c1-3-39(37,38)27-5-4-22(30)14-21(27)18-35-19-31-26-15-20(25(29)16-24(26)28(35)36)17-33-10-12-34(13-11-33)23-6-8-32(2)9-7-23/h4-5,14-16,19,23H,3,6-13,17-18H2,1-2H3. The number of fused-ring (bicyclic) bond motifs is 1. The van der Waals surface area contributed by atoms with Crippen molar-refractivity contribution in [3.05, 3.63) is 67.6 Å². The number of aromatic nitrogens is 2. The van der Waals surface area contributed by atoms with E-state index in [4.69, 9.17) is 11.6 Å². The Labute approximate surface area is 243 Å². The van der Waals surface area contributed by atoms with Crippen LogP contribution in [-0.2, 0) is 22.9 Å². The monoisotopic (exact) mass is 635 g/mol. The van der Waals surface area contributed by atoms with Crippen LogP contribution in [0.5, 0.6) is 0 Å². The number of sulfone groups is 1. The van der Waals surface area contributed by atoms with Gasteiger partial charge in [0.05, 0.1) is 34.4 Å². The lowest BCUT2D eigenvalue weighted by Crippen LogP contribution is -2.52. The van der Waals surface area contributed by atoms with Crippen LogP contribution in [0.1, 0.15) is 30.9 Å². The van der Waals surface area contributed by atoms with Gasteiger partial charge < -0.3 is 4.90 Å². The maximum Gasteiger partial charge on any atom is 0.261 e. The van der Waals surface area contributed by atoms with E-state index in [9.17, 15) is 13.2 Å². The van der Waals surface area contributed by atoms with Crippen LogP contribution in [0.2, 0.25) is 5.02 Å². The zero-order chi connectivity index (χ0) is 27.7. The number of halogens is 2. The van der Waals surface area contributed by atoms with Gasteiger partial charge in [-0.05, 0) is 74.4 Å². The summed E-state index contributed by atoms with van der Waals surface area (Å²) in [6.45, 7) is 9.04. The molecule has 210 valence electrons. The Morgan fingerprint density at radius 3 is 2.41 bits per heavy atom. The summed E-state index contributed by atoms with van der Waals surface area (Å²) in [6, 6.07) is 9.20. The van der Waals surface area contributed by atoms with Gasteiger partial charge in [0, 0.05) is 48.3 Å². The van der Waals surface area contributed by atoms with Gasteiger partial charge in [-0.1, -0.05) is 34.5 Å². The maximum absolute atomic E-state index is 13.4. The van der Waals surface area contributed by atoms with Gasteiger partial charge in [-0.15, -0.1) is 0 Å². The topological polar surface area (TPSA) is 78.8 Å². The van der Waals surface area contributed by atoms with Crippen LogP contribution in [0.4, 0.5) is 0 Å². The van der Waals surface area contributed by atoms with Gasteiger partial charge in [0.25, 0.3) is 5.56 Å². The van der Waals surface area contributed by atoms with Crippen LogP contribution in [0.3, 0.4) is 0 Å². The maximum atomic E-state index is 13.4. The van der Waals surface area contributed by atoms with E-state index in [-0.39, 0.29) is 22.8 Å². The molecule has 3 aromatic rings. The molecule has 2 aliphatic heterocycles. The SMILES string of the molecule is CCS(=O)(=O)c1ccc(Cl)cc1Cn1cnc2cc(CN3CCN(C4CCN(C)CC4)CC3)c(Br)cc2c1=O. The molecule has 0 aliphatic carbocycles. The van der Waals surface area contributed by atoms with E-state index < -0.39 is 9.84 Å². The summed E-state index contributed by atoms with van der Waals surface area (Å²) in [6.07, 6.45) is 4.00. The van der Waals surface area contributed by atoms with Crippen LogP contribution < -0.4 is 5.56 Å². The minimum atomic E-state index is -3.47. The molecule has 0 unspecified atom stereocenters. The highest BCUT2D eigenvalue weighted by atomic mass is 79.9. The van der Waals surface area contributed by atoms with Gasteiger partial charge in [-0.3, -0.25) is 19.2 Å². The highest BCUT2D eigenvalue weighted by Gasteiger charge is 2.27. The Balaban J connectivity index is 1.32. The first kappa shape index (κ1) is 28.7. The Morgan fingerprint density at radius 1 is 1.00 bits per heavy atom. The number of benzene rings is 2. The first-order chi connectivity index (χ1) is 18.6. The third-order valence-electron chi connectivity index (χ3n) is 8.08. The first-order valence-corrected chi connectivity index (χ1v) is 16.3. The Kier molecular flexibility index (Phi) is 8.80. The number of hydrogen-bond acceptors (Lipinski definition) is 7. The minimum Gasteiger partial charge on any atom is -0.306 e. The summed E-state index contributed by atoms with van der Waals surface area (Å²) in [5.74, 6) is -0.0323. The van der Waals surface area contributed by atoms with Crippen molar-refractivity contribution in [2.75, 3.05) is 52.1 Å². The number of piperidine rings is 1. The fraction of sp³-hybridized carbons (Fsp3) is 0.500. The third-order valence-corrected chi connectivity index (χ3v) is 10.9. The van der Waals surface area contributed by atoms with Crippen molar-refractivity contribution in [3.63, 3.8) is 0 Å². The molecule has 0 saturated carbocycles. The molecular weight excluding hydrogens is 602 g/mol. The highest BCUT2D eigenvalue weighted by Crippen LogP contribution is 2.26.